The first-order chi connectivity index (χ1) is 9.81. The molecule has 0 aromatic heterocycles. The van der Waals surface area contributed by atoms with Crippen LogP contribution in [-0.2, 0) is 18.7 Å². The predicted molar refractivity (Wildman–Crippen MR) is 84.9 cm³/mol. The lowest BCUT2D eigenvalue weighted by Crippen LogP contribution is -2.67. The summed E-state index contributed by atoms with van der Waals surface area (Å²) in [5.41, 5.74) is -1.28. The second-order valence-corrected chi connectivity index (χ2v) is 13.1. The number of β-amino-alcohol motifs (C(OH)–C–C–N with tert-alkyl or cyclic N) is 1. The summed E-state index contributed by atoms with van der Waals surface area (Å²) in [6.07, 6.45) is -1.51. The Labute approximate surface area is 133 Å². The highest BCUT2D eigenvalue weighted by Crippen LogP contribution is 2.43. The van der Waals surface area contributed by atoms with Crippen molar-refractivity contribution in [3.63, 3.8) is 0 Å². The summed E-state index contributed by atoms with van der Waals surface area (Å²) >= 11 is 0. The van der Waals surface area contributed by atoms with Crippen molar-refractivity contribution in [3.05, 3.63) is 0 Å². The number of piperidine rings is 1. The van der Waals surface area contributed by atoms with Gasteiger partial charge in [-0.05, 0) is 32.0 Å². The number of aliphatic hydroxyl groups is 1. The molecule has 2 N–H and O–H groups in total. The number of amides is 1. The van der Waals surface area contributed by atoms with Gasteiger partial charge in [-0.25, -0.2) is 0 Å². The molecular weight excluding hydrogens is 302 g/mol. The second kappa shape index (κ2) is 5.27. The van der Waals surface area contributed by atoms with Crippen LogP contribution in [0.15, 0.2) is 0 Å². The highest BCUT2D eigenvalue weighted by atomic mass is 28.4. The average Bonchev–Trinajstić information content (AvgIpc) is 2.64. The van der Waals surface area contributed by atoms with Crippen molar-refractivity contribution in [2.45, 2.75) is 76.3 Å². The largest absolute Gasteiger partial charge is 0.413 e. The van der Waals surface area contributed by atoms with E-state index < -0.39 is 31.9 Å². The molecule has 7 heteroatoms. The van der Waals surface area contributed by atoms with Gasteiger partial charge in [0, 0.05) is 6.54 Å². The quantitative estimate of drug-likeness (QED) is 0.764. The number of nitrogens with one attached hydrogen (secondary N) is 1. The van der Waals surface area contributed by atoms with Crippen LogP contribution < -0.4 is 5.32 Å². The number of ether oxygens (including phenoxy) is 2. The minimum Gasteiger partial charge on any atom is -0.413 e. The Balaban J connectivity index is 2.26. The third kappa shape index (κ3) is 2.97. The number of fused-ring (bicyclic) bond motifs is 1. The number of carbonyl (C=O) groups is 1. The molecular formula is C15H29NO5Si. The molecule has 2 aliphatic rings. The smallest absolute Gasteiger partial charge is 0.257 e. The van der Waals surface area contributed by atoms with Gasteiger partial charge in [0.2, 0.25) is 0 Å². The SMILES string of the molecule is CC1(C)OC2C(O)CNC(=O)C2(CO[Si](C)(C)C(C)(C)C)O1. The Bertz CT molecular complexity index is 459. The molecule has 2 rings (SSSR count). The topological polar surface area (TPSA) is 77.0 Å². The number of aliphatic hydroxyl groups excluding tert-OH is 1. The van der Waals surface area contributed by atoms with E-state index in [1.54, 1.807) is 13.8 Å². The molecule has 0 saturated carbocycles. The Kier molecular flexibility index (Phi) is 4.28. The summed E-state index contributed by atoms with van der Waals surface area (Å²) in [6, 6.07) is 0. The fraction of sp³-hybridized carbons (Fsp3) is 0.933. The average molecular weight is 331 g/mol. The fourth-order valence-corrected chi connectivity index (χ4v) is 3.63. The lowest BCUT2D eigenvalue weighted by atomic mass is 9.89. The van der Waals surface area contributed by atoms with Gasteiger partial charge >= 0.3 is 0 Å². The van der Waals surface area contributed by atoms with Crippen LogP contribution in [0.2, 0.25) is 18.1 Å². The Morgan fingerprint density at radius 3 is 2.55 bits per heavy atom. The van der Waals surface area contributed by atoms with E-state index in [0.29, 0.717) is 0 Å². The van der Waals surface area contributed by atoms with Gasteiger partial charge in [0.25, 0.3) is 5.91 Å². The van der Waals surface area contributed by atoms with Crippen LogP contribution in [0, 0.1) is 0 Å². The number of carbonyl (C=O) groups excluding carboxylic acids is 1. The first-order valence-electron chi connectivity index (χ1n) is 7.79. The van der Waals surface area contributed by atoms with Crippen molar-refractivity contribution >= 4 is 14.2 Å². The lowest BCUT2D eigenvalue weighted by Gasteiger charge is -2.42. The maximum absolute atomic E-state index is 12.5. The van der Waals surface area contributed by atoms with Gasteiger partial charge in [-0.1, -0.05) is 20.8 Å². The molecule has 3 atom stereocenters. The molecule has 0 bridgehead atoms. The van der Waals surface area contributed by atoms with E-state index in [1.807, 2.05) is 0 Å². The minimum absolute atomic E-state index is 0.0257. The van der Waals surface area contributed by atoms with Crippen molar-refractivity contribution in [3.8, 4) is 0 Å². The molecule has 6 nitrogen and oxygen atoms in total. The normalized spacial score (nSPS) is 35.2. The van der Waals surface area contributed by atoms with Crippen molar-refractivity contribution < 1.29 is 23.8 Å². The summed E-state index contributed by atoms with van der Waals surface area (Å²) in [5.74, 6) is -1.20. The van der Waals surface area contributed by atoms with Gasteiger partial charge in [0.1, 0.15) is 12.2 Å². The molecule has 3 unspecified atom stereocenters. The molecule has 0 aliphatic carbocycles. The Morgan fingerprint density at radius 2 is 2.00 bits per heavy atom. The van der Waals surface area contributed by atoms with Gasteiger partial charge < -0.3 is 24.3 Å². The number of hydrogen-bond acceptors (Lipinski definition) is 5. The zero-order valence-corrected chi connectivity index (χ0v) is 15.6. The number of hydrogen-bond donors (Lipinski definition) is 2. The standard InChI is InChI=1S/C15H29NO5Si/c1-13(2,3)22(6,7)19-9-15-11(20-14(4,5)21-15)10(17)8-16-12(15)18/h10-11,17H,8-9H2,1-7H3,(H,16,18). The van der Waals surface area contributed by atoms with E-state index in [-0.39, 0.29) is 24.1 Å². The van der Waals surface area contributed by atoms with Crippen LogP contribution in [0.1, 0.15) is 34.6 Å². The highest BCUT2D eigenvalue weighted by Gasteiger charge is 2.63. The minimum atomic E-state index is -2.05. The van der Waals surface area contributed by atoms with Crippen molar-refractivity contribution in [2.24, 2.45) is 0 Å². The van der Waals surface area contributed by atoms with Crippen LogP contribution in [0.25, 0.3) is 0 Å². The summed E-state index contributed by atoms with van der Waals surface area (Å²) in [7, 11) is -2.05. The molecule has 0 spiro atoms. The Morgan fingerprint density at radius 1 is 1.41 bits per heavy atom. The van der Waals surface area contributed by atoms with Crippen molar-refractivity contribution in [1.82, 2.24) is 5.32 Å². The third-order valence-electron chi connectivity index (χ3n) is 4.96. The van der Waals surface area contributed by atoms with Crippen LogP contribution in [0.4, 0.5) is 0 Å². The van der Waals surface area contributed by atoms with Crippen LogP contribution in [0.5, 0.6) is 0 Å². The van der Waals surface area contributed by atoms with Gasteiger partial charge in [0.05, 0.1) is 6.61 Å². The predicted octanol–water partition coefficient (Wildman–Crippen LogP) is 1.39. The van der Waals surface area contributed by atoms with Gasteiger partial charge in [-0.2, -0.15) is 0 Å². The molecule has 22 heavy (non-hydrogen) atoms. The van der Waals surface area contributed by atoms with Crippen LogP contribution in [0.3, 0.4) is 0 Å². The second-order valence-electron chi connectivity index (χ2n) is 8.26. The molecule has 0 aromatic rings. The fourth-order valence-electron chi connectivity index (χ4n) is 2.62. The van der Waals surface area contributed by atoms with Crippen molar-refractivity contribution in [1.29, 1.82) is 0 Å². The molecule has 0 aromatic carbocycles. The van der Waals surface area contributed by atoms with Crippen LogP contribution >= 0.6 is 0 Å². The molecule has 1 amide bonds. The Hall–Kier alpha value is -0.473. The highest BCUT2D eigenvalue weighted by molar-refractivity contribution is 6.74. The van der Waals surface area contributed by atoms with Gasteiger partial charge in [-0.15, -0.1) is 0 Å². The molecule has 2 saturated heterocycles. The monoisotopic (exact) mass is 331 g/mol. The zero-order chi connectivity index (χ0) is 17.0. The van der Waals surface area contributed by atoms with E-state index in [1.165, 1.54) is 0 Å². The summed E-state index contributed by atoms with van der Waals surface area (Å²) in [6.45, 7) is 14.4. The maximum Gasteiger partial charge on any atom is 0.257 e. The summed E-state index contributed by atoms with van der Waals surface area (Å²) < 4.78 is 17.9. The maximum atomic E-state index is 12.5. The van der Waals surface area contributed by atoms with E-state index >= 15 is 0 Å². The molecule has 128 valence electrons. The van der Waals surface area contributed by atoms with E-state index in [9.17, 15) is 9.90 Å². The van der Waals surface area contributed by atoms with Gasteiger partial charge in [-0.3, -0.25) is 4.79 Å². The third-order valence-corrected chi connectivity index (χ3v) is 9.44. The summed E-state index contributed by atoms with van der Waals surface area (Å²) in [4.78, 5) is 12.5. The first-order valence-corrected chi connectivity index (χ1v) is 10.7. The van der Waals surface area contributed by atoms with Crippen LogP contribution in [-0.4, -0.2) is 56.1 Å². The molecule has 0 radical (unpaired) electrons. The lowest BCUT2D eigenvalue weighted by molar-refractivity contribution is -0.178. The summed E-state index contributed by atoms with van der Waals surface area (Å²) in [5, 5.41) is 12.9. The number of rotatable bonds is 3. The van der Waals surface area contributed by atoms with Crippen molar-refractivity contribution in [2.75, 3.05) is 13.2 Å². The van der Waals surface area contributed by atoms with E-state index in [2.05, 4.69) is 39.2 Å². The van der Waals surface area contributed by atoms with Gasteiger partial charge in [0.15, 0.2) is 19.7 Å². The molecule has 2 aliphatic heterocycles. The van der Waals surface area contributed by atoms with E-state index in [4.69, 9.17) is 13.9 Å². The molecule has 2 fully saturated rings. The zero-order valence-electron chi connectivity index (χ0n) is 14.6. The molecule has 2 heterocycles. The van der Waals surface area contributed by atoms with E-state index in [0.717, 1.165) is 0 Å². The first kappa shape index (κ1) is 17.9.